The van der Waals surface area contributed by atoms with E-state index in [2.05, 4.69) is 16.9 Å². The largest absolute Gasteiger partial charge is 0.364 e. The number of hydrogen-bond donors (Lipinski definition) is 1. The minimum Gasteiger partial charge on any atom is -0.364 e. The number of H-pyrrole nitrogens is 1. The van der Waals surface area contributed by atoms with Gasteiger partial charge < -0.3 is 9.80 Å². The highest BCUT2D eigenvalue weighted by Gasteiger charge is 2.45. The fourth-order valence-corrected chi connectivity index (χ4v) is 5.08. The summed E-state index contributed by atoms with van der Waals surface area (Å²) in [4.78, 5) is 46.9. The number of nitrogens with zero attached hydrogens (tertiary/aromatic N) is 4. The van der Waals surface area contributed by atoms with Crippen molar-refractivity contribution in [3.05, 3.63) is 86.4 Å². The minimum atomic E-state index is -0.491. The molecule has 5 rings (SSSR count). The topological polar surface area (TPSA) is 81.7 Å². The molecule has 0 aliphatic carbocycles. The van der Waals surface area contributed by atoms with Crippen molar-refractivity contribution in [2.45, 2.75) is 20.8 Å². The molecule has 36 heavy (non-hydrogen) atoms. The number of nitrogens with one attached hydrogen (secondary N) is 1. The Kier molecular flexibility index (Phi) is 6.32. The van der Waals surface area contributed by atoms with E-state index in [1.165, 1.54) is 9.58 Å². The lowest BCUT2D eigenvalue weighted by molar-refractivity contribution is -0.120. The summed E-state index contributed by atoms with van der Waals surface area (Å²) in [7, 11) is 0. The number of benzene rings is 2. The van der Waals surface area contributed by atoms with Crippen LogP contribution < -0.4 is 10.5 Å². The second kappa shape index (κ2) is 9.44. The Hall–Kier alpha value is -3.62. The Morgan fingerprint density at radius 1 is 0.889 bits per heavy atom. The Morgan fingerprint density at radius 3 is 2.22 bits per heavy atom. The number of carbonyl (C=O) groups excluding carboxylic acids is 2. The van der Waals surface area contributed by atoms with Crippen LogP contribution in [0.15, 0.2) is 59.0 Å². The maximum absolute atomic E-state index is 13.9. The summed E-state index contributed by atoms with van der Waals surface area (Å²) in [6.07, 6.45) is 0. The first kappa shape index (κ1) is 24.1. The SMILES string of the molecule is CCN1CCN(C2=C(c3c(C)[nH]n(-c4cccc(Cl)c4)c3=O)C(=O)N(c3ccc(C)cc3)C2=O)CC1. The summed E-state index contributed by atoms with van der Waals surface area (Å²) in [5.74, 6) is -0.896. The second-order valence-electron chi connectivity index (χ2n) is 9.16. The van der Waals surface area contributed by atoms with Gasteiger partial charge in [0.15, 0.2) is 0 Å². The van der Waals surface area contributed by atoms with Gasteiger partial charge in [-0.1, -0.05) is 42.3 Å². The van der Waals surface area contributed by atoms with Crippen molar-refractivity contribution >= 4 is 34.7 Å². The minimum absolute atomic E-state index is 0.144. The van der Waals surface area contributed by atoms with Crippen molar-refractivity contribution in [3.8, 4) is 5.69 Å². The van der Waals surface area contributed by atoms with E-state index in [1.807, 2.05) is 24.0 Å². The van der Waals surface area contributed by atoms with Gasteiger partial charge in [-0.3, -0.25) is 19.5 Å². The van der Waals surface area contributed by atoms with E-state index in [0.717, 1.165) is 25.2 Å². The molecule has 1 saturated heterocycles. The third-order valence-corrected chi connectivity index (χ3v) is 7.11. The average Bonchev–Trinajstić information content (AvgIpc) is 3.30. The highest BCUT2D eigenvalue weighted by atomic mass is 35.5. The molecule has 2 aliphatic heterocycles. The van der Waals surface area contributed by atoms with Crippen molar-refractivity contribution in [2.75, 3.05) is 37.6 Å². The number of aromatic amines is 1. The summed E-state index contributed by atoms with van der Waals surface area (Å²) >= 11 is 6.15. The molecule has 3 heterocycles. The number of amides is 2. The molecule has 2 aromatic carbocycles. The van der Waals surface area contributed by atoms with Crippen molar-refractivity contribution in [1.29, 1.82) is 0 Å². The first-order valence-electron chi connectivity index (χ1n) is 12.0. The number of rotatable bonds is 5. The number of hydrogen-bond acceptors (Lipinski definition) is 5. The van der Waals surface area contributed by atoms with Gasteiger partial charge in [0.25, 0.3) is 17.4 Å². The molecule has 9 heteroatoms. The number of halogens is 1. The number of aromatic nitrogens is 2. The summed E-state index contributed by atoms with van der Waals surface area (Å²) in [6, 6.07) is 14.1. The van der Waals surface area contributed by atoms with E-state index in [9.17, 15) is 14.4 Å². The Morgan fingerprint density at radius 2 is 1.58 bits per heavy atom. The first-order valence-corrected chi connectivity index (χ1v) is 12.4. The number of piperazine rings is 1. The van der Waals surface area contributed by atoms with Crippen molar-refractivity contribution in [3.63, 3.8) is 0 Å². The summed E-state index contributed by atoms with van der Waals surface area (Å²) in [5.41, 5.74) is 2.79. The van der Waals surface area contributed by atoms with Crippen LogP contribution in [0.1, 0.15) is 23.7 Å². The summed E-state index contributed by atoms with van der Waals surface area (Å²) in [6.45, 7) is 9.45. The molecule has 0 saturated carbocycles. The average molecular weight is 506 g/mol. The third kappa shape index (κ3) is 4.06. The predicted molar refractivity (Wildman–Crippen MR) is 140 cm³/mol. The number of anilines is 1. The molecule has 0 radical (unpaired) electrons. The molecule has 0 unspecified atom stereocenters. The fraction of sp³-hybridized carbons (Fsp3) is 0.296. The van der Waals surface area contributed by atoms with Gasteiger partial charge in [-0.25, -0.2) is 9.58 Å². The van der Waals surface area contributed by atoms with Crippen LogP contribution in [0.5, 0.6) is 0 Å². The molecule has 0 spiro atoms. The maximum atomic E-state index is 13.9. The van der Waals surface area contributed by atoms with Crippen LogP contribution in [0.2, 0.25) is 5.02 Å². The normalized spacial score (nSPS) is 17.0. The first-order chi connectivity index (χ1) is 17.3. The Bertz CT molecular complexity index is 1430. The second-order valence-corrected chi connectivity index (χ2v) is 9.59. The van der Waals surface area contributed by atoms with Crippen LogP contribution in [0.25, 0.3) is 11.3 Å². The summed E-state index contributed by atoms with van der Waals surface area (Å²) < 4.78 is 1.36. The zero-order valence-corrected chi connectivity index (χ0v) is 21.3. The van der Waals surface area contributed by atoms with Gasteiger partial charge in [-0.05, 0) is 50.7 Å². The van der Waals surface area contributed by atoms with Gasteiger partial charge in [-0.2, -0.15) is 0 Å². The Balaban J connectivity index is 1.66. The molecule has 3 aromatic rings. The van der Waals surface area contributed by atoms with Crippen LogP contribution in [0.4, 0.5) is 5.69 Å². The molecule has 1 N–H and O–H groups in total. The van der Waals surface area contributed by atoms with Crippen LogP contribution in [0, 0.1) is 13.8 Å². The van der Waals surface area contributed by atoms with Crippen molar-refractivity contribution in [2.24, 2.45) is 0 Å². The van der Waals surface area contributed by atoms with E-state index in [1.54, 1.807) is 43.3 Å². The number of aryl methyl sites for hydroxylation is 2. The number of carbonyl (C=O) groups is 2. The van der Waals surface area contributed by atoms with Crippen molar-refractivity contribution in [1.82, 2.24) is 19.6 Å². The Labute approximate surface area is 214 Å². The standard InChI is InChI=1S/C27H28ClN5O3/c1-4-30-12-14-31(15-13-30)24-23(25(34)32(27(24)36)20-10-8-17(2)9-11-20)22-18(3)29-33(26(22)35)21-7-5-6-19(28)16-21/h5-11,16,29H,4,12-15H2,1-3H3. The number of imide groups is 1. The molecule has 1 fully saturated rings. The molecule has 1 aromatic heterocycles. The molecule has 8 nitrogen and oxygen atoms in total. The molecular weight excluding hydrogens is 478 g/mol. The van der Waals surface area contributed by atoms with Gasteiger partial charge in [0.1, 0.15) is 5.70 Å². The summed E-state index contributed by atoms with van der Waals surface area (Å²) in [5, 5.41) is 3.56. The lowest BCUT2D eigenvalue weighted by Crippen LogP contribution is -2.47. The van der Waals surface area contributed by atoms with E-state index in [0.29, 0.717) is 35.2 Å². The van der Waals surface area contributed by atoms with Crippen LogP contribution in [0.3, 0.4) is 0 Å². The highest BCUT2D eigenvalue weighted by molar-refractivity contribution is 6.45. The fourth-order valence-electron chi connectivity index (χ4n) is 4.89. The van der Waals surface area contributed by atoms with E-state index < -0.39 is 17.4 Å². The molecule has 2 amide bonds. The smallest absolute Gasteiger partial charge is 0.282 e. The molecule has 0 bridgehead atoms. The van der Waals surface area contributed by atoms with Crippen LogP contribution in [-0.4, -0.2) is 64.1 Å². The quantitative estimate of drug-likeness (QED) is 0.538. The predicted octanol–water partition coefficient (Wildman–Crippen LogP) is 3.36. The highest BCUT2D eigenvalue weighted by Crippen LogP contribution is 2.35. The molecule has 0 atom stereocenters. The van der Waals surface area contributed by atoms with Gasteiger partial charge in [-0.15, -0.1) is 0 Å². The lowest BCUT2D eigenvalue weighted by Gasteiger charge is -2.35. The van der Waals surface area contributed by atoms with Crippen LogP contribution in [-0.2, 0) is 9.59 Å². The van der Waals surface area contributed by atoms with Gasteiger partial charge in [0.2, 0.25) is 0 Å². The van der Waals surface area contributed by atoms with E-state index in [4.69, 9.17) is 11.6 Å². The molecule has 2 aliphatic rings. The van der Waals surface area contributed by atoms with E-state index in [-0.39, 0.29) is 16.8 Å². The van der Waals surface area contributed by atoms with Gasteiger partial charge >= 0.3 is 0 Å². The third-order valence-electron chi connectivity index (χ3n) is 6.88. The zero-order chi connectivity index (χ0) is 25.6. The maximum Gasteiger partial charge on any atom is 0.282 e. The van der Waals surface area contributed by atoms with Gasteiger partial charge in [0.05, 0.1) is 22.5 Å². The number of likely N-dealkylation sites (N-methyl/N-ethyl adjacent to an activating group) is 1. The van der Waals surface area contributed by atoms with Crippen LogP contribution >= 0.6 is 11.6 Å². The molecular formula is C27H28ClN5O3. The zero-order valence-electron chi connectivity index (χ0n) is 20.5. The van der Waals surface area contributed by atoms with E-state index >= 15 is 0 Å². The monoisotopic (exact) mass is 505 g/mol. The van der Waals surface area contributed by atoms with Gasteiger partial charge in [0, 0.05) is 36.9 Å². The lowest BCUT2D eigenvalue weighted by atomic mass is 10.0. The molecule has 186 valence electrons. The van der Waals surface area contributed by atoms with Crippen molar-refractivity contribution < 1.29 is 9.59 Å².